The lowest BCUT2D eigenvalue weighted by molar-refractivity contribution is -0.123. The van der Waals surface area contributed by atoms with Crippen molar-refractivity contribution >= 4 is 44.4 Å². The number of benzene rings is 3. The van der Waals surface area contributed by atoms with Gasteiger partial charge in [0.15, 0.2) is 5.76 Å². The first-order chi connectivity index (χ1) is 17.1. The van der Waals surface area contributed by atoms with E-state index in [4.69, 9.17) is 4.42 Å². The summed E-state index contributed by atoms with van der Waals surface area (Å²) in [7, 11) is 0. The third-order valence-electron chi connectivity index (χ3n) is 6.55. The number of anilines is 1. The van der Waals surface area contributed by atoms with Crippen LogP contribution in [-0.2, 0) is 4.79 Å². The van der Waals surface area contributed by atoms with Crippen LogP contribution >= 0.6 is 15.9 Å². The van der Waals surface area contributed by atoms with Gasteiger partial charge in [0.2, 0.25) is 5.91 Å². The summed E-state index contributed by atoms with van der Waals surface area (Å²) in [6, 6.07) is 25.4. The van der Waals surface area contributed by atoms with E-state index in [0.29, 0.717) is 16.8 Å². The number of nitrogens with zero attached hydrogens (tertiary/aromatic N) is 1. The highest BCUT2D eigenvalue weighted by atomic mass is 79.9. The van der Waals surface area contributed by atoms with Gasteiger partial charge in [-0.1, -0.05) is 89.8 Å². The maximum Gasteiger partial charge on any atom is 0.295 e. The number of halogens is 1. The minimum absolute atomic E-state index is 0.111. The Hall–Kier alpha value is -3.38. The summed E-state index contributed by atoms with van der Waals surface area (Å²) in [5.41, 5.74) is 1.97. The van der Waals surface area contributed by atoms with E-state index in [1.54, 1.807) is 11.0 Å². The molecule has 0 radical (unpaired) electrons. The first-order valence-electron chi connectivity index (χ1n) is 12.0. The number of amides is 2. The lowest BCUT2D eigenvalue weighted by atomic mass is 9.94. The normalized spacial score (nSPS) is 15.0. The highest BCUT2D eigenvalue weighted by molar-refractivity contribution is 9.10. The van der Waals surface area contributed by atoms with Gasteiger partial charge in [-0.3, -0.25) is 14.5 Å². The number of para-hydroxylation sites is 2. The van der Waals surface area contributed by atoms with E-state index in [0.717, 1.165) is 35.5 Å². The van der Waals surface area contributed by atoms with Gasteiger partial charge in [0.05, 0.1) is 0 Å². The van der Waals surface area contributed by atoms with Crippen LogP contribution in [0.1, 0.15) is 54.3 Å². The Labute approximate surface area is 213 Å². The van der Waals surface area contributed by atoms with E-state index in [1.807, 2.05) is 78.9 Å². The Balaban J connectivity index is 1.61. The second-order valence-electron chi connectivity index (χ2n) is 8.93. The van der Waals surface area contributed by atoms with Gasteiger partial charge in [0, 0.05) is 21.6 Å². The molecule has 35 heavy (non-hydrogen) atoms. The number of nitrogens with one attached hydrogen (secondary N) is 1. The average Bonchev–Trinajstić information content (AvgIpc) is 3.33. The molecule has 1 saturated carbocycles. The summed E-state index contributed by atoms with van der Waals surface area (Å²) < 4.78 is 6.71. The lowest BCUT2D eigenvalue weighted by Crippen LogP contribution is -2.47. The third kappa shape index (κ3) is 5.03. The van der Waals surface area contributed by atoms with Crippen LogP contribution in [0.25, 0.3) is 11.0 Å². The Kier molecular flexibility index (Phi) is 7.00. The van der Waals surface area contributed by atoms with Crippen molar-refractivity contribution in [2.45, 2.75) is 44.2 Å². The van der Waals surface area contributed by atoms with E-state index in [-0.39, 0.29) is 23.6 Å². The molecule has 1 aliphatic carbocycles. The van der Waals surface area contributed by atoms with E-state index in [9.17, 15) is 9.59 Å². The van der Waals surface area contributed by atoms with Crippen LogP contribution in [0.4, 0.5) is 5.69 Å². The maximum atomic E-state index is 14.1. The van der Waals surface area contributed by atoms with Crippen molar-refractivity contribution < 1.29 is 14.0 Å². The minimum Gasteiger partial charge on any atom is -0.451 e. The summed E-state index contributed by atoms with van der Waals surface area (Å²) >= 11 is 3.62. The van der Waals surface area contributed by atoms with Gasteiger partial charge in [-0.2, -0.15) is 0 Å². The molecule has 0 spiro atoms. The number of carbonyl (C=O) groups is 2. The van der Waals surface area contributed by atoms with Gasteiger partial charge < -0.3 is 9.73 Å². The molecule has 1 fully saturated rings. The quantitative estimate of drug-likeness (QED) is 0.291. The van der Waals surface area contributed by atoms with E-state index < -0.39 is 6.04 Å². The molecule has 1 N–H and O–H groups in total. The van der Waals surface area contributed by atoms with E-state index in [2.05, 4.69) is 21.2 Å². The van der Waals surface area contributed by atoms with Gasteiger partial charge in [-0.25, -0.2) is 0 Å². The second kappa shape index (κ2) is 10.5. The Morgan fingerprint density at radius 1 is 0.886 bits per heavy atom. The van der Waals surface area contributed by atoms with Crippen LogP contribution < -0.4 is 10.2 Å². The number of furan rings is 1. The fourth-order valence-corrected chi connectivity index (χ4v) is 5.30. The maximum absolute atomic E-state index is 14.1. The third-order valence-corrected chi connectivity index (χ3v) is 7.27. The number of carbonyl (C=O) groups excluding carboxylic acids is 2. The zero-order valence-electron chi connectivity index (χ0n) is 19.3. The van der Waals surface area contributed by atoms with Crippen molar-refractivity contribution in [3.05, 3.63) is 101 Å². The van der Waals surface area contributed by atoms with Gasteiger partial charge in [-0.15, -0.1) is 0 Å². The Bertz CT molecular complexity index is 1300. The van der Waals surface area contributed by atoms with Crippen LogP contribution in [0.3, 0.4) is 0 Å². The molecule has 6 heteroatoms. The molecule has 1 aromatic heterocycles. The summed E-state index contributed by atoms with van der Waals surface area (Å²) in [5, 5.41) is 4.08. The number of rotatable bonds is 6. The number of hydrogen-bond acceptors (Lipinski definition) is 3. The van der Waals surface area contributed by atoms with Crippen LogP contribution in [0.5, 0.6) is 0 Å². The van der Waals surface area contributed by atoms with Gasteiger partial charge in [0.25, 0.3) is 5.91 Å². The molecule has 0 aliphatic heterocycles. The zero-order chi connectivity index (χ0) is 24.2. The fraction of sp³-hybridized carbons (Fsp3) is 0.241. The smallest absolute Gasteiger partial charge is 0.295 e. The summed E-state index contributed by atoms with van der Waals surface area (Å²) in [6.45, 7) is 0. The predicted octanol–water partition coefficient (Wildman–Crippen LogP) is 7.03. The molecule has 3 aromatic carbocycles. The van der Waals surface area contributed by atoms with Crippen molar-refractivity contribution in [2.75, 3.05) is 4.90 Å². The molecule has 5 rings (SSSR count). The summed E-state index contributed by atoms with van der Waals surface area (Å²) in [4.78, 5) is 29.6. The first kappa shape index (κ1) is 23.4. The molecule has 1 heterocycles. The predicted molar refractivity (Wildman–Crippen MR) is 141 cm³/mol. The average molecular weight is 531 g/mol. The summed E-state index contributed by atoms with van der Waals surface area (Å²) in [6.07, 6.45) is 5.31. The van der Waals surface area contributed by atoms with Gasteiger partial charge in [0.1, 0.15) is 11.6 Å². The number of hydrogen-bond donors (Lipinski definition) is 1. The van der Waals surface area contributed by atoms with Crippen LogP contribution in [0.15, 0.2) is 93.8 Å². The fourth-order valence-electron chi connectivity index (χ4n) is 4.80. The minimum atomic E-state index is -0.879. The topological polar surface area (TPSA) is 62.6 Å². The van der Waals surface area contributed by atoms with Crippen molar-refractivity contribution in [1.29, 1.82) is 0 Å². The molecule has 178 valence electrons. The molecule has 0 saturated heterocycles. The Morgan fingerprint density at radius 2 is 1.57 bits per heavy atom. The molecule has 5 nitrogen and oxygen atoms in total. The lowest BCUT2D eigenvalue weighted by Gasteiger charge is -2.33. The monoisotopic (exact) mass is 530 g/mol. The molecule has 2 amide bonds. The van der Waals surface area contributed by atoms with E-state index >= 15 is 0 Å². The Morgan fingerprint density at radius 3 is 2.31 bits per heavy atom. The SMILES string of the molecule is O=C(NC1CCCCC1)C(c1ccccc1Br)N(C(=O)c1cc2ccccc2o1)c1ccccc1. The molecular formula is C29H27BrN2O3. The van der Waals surface area contributed by atoms with Gasteiger partial charge >= 0.3 is 0 Å². The standard InChI is InChI=1S/C29H27BrN2O3/c30-24-17-9-8-16-23(24)27(28(33)31-21-12-3-1-4-13-21)32(22-14-5-2-6-15-22)29(34)26-19-20-11-7-10-18-25(20)35-26/h2,5-11,14-19,21,27H,1,3-4,12-13H2,(H,31,33). The van der Waals surface area contributed by atoms with Crippen LogP contribution in [0, 0.1) is 0 Å². The molecule has 4 aromatic rings. The second-order valence-corrected chi connectivity index (χ2v) is 9.78. The van der Waals surface area contributed by atoms with E-state index in [1.165, 1.54) is 6.42 Å². The molecule has 1 atom stereocenters. The van der Waals surface area contributed by atoms with Crippen molar-refractivity contribution in [3.63, 3.8) is 0 Å². The van der Waals surface area contributed by atoms with Crippen LogP contribution in [-0.4, -0.2) is 17.9 Å². The van der Waals surface area contributed by atoms with Crippen molar-refractivity contribution in [1.82, 2.24) is 5.32 Å². The molecule has 0 bridgehead atoms. The molecular weight excluding hydrogens is 504 g/mol. The molecule has 1 aliphatic rings. The van der Waals surface area contributed by atoms with Crippen LogP contribution in [0.2, 0.25) is 0 Å². The summed E-state index contributed by atoms with van der Waals surface area (Å²) in [5.74, 6) is -0.373. The number of fused-ring (bicyclic) bond motifs is 1. The van der Waals surface area contributed by atoms with Crippen molar-refractivity contribution in [2.24, 2.45) is 0 Å². The highest BCUT2D eigenvalue weighted by Gasteiger charge is 2.36. The highest BCUT2D eigenvalue weighted by Crippen LogP contribution is 2.35. The first-order valence-corrected chi connectivity index (χ1v) is 12.8. The zero-order valence-corrected chi connectivity index (χ0v) is 20.9. The van der Waals surface area contributed by atoms with Gasteiger partial charge in [-0.05, 0) is 48.7 Å². The molecule has 1 unspecified atom stereocenters. The van der Waals surface area contributed by atoms with Crippen molar-refractivity contribution in [3.8, 4) is 0 Å². The largest absolute Gasteiger partial charge is 0.451 e.